The lowest BCUT2D eigenvalue weighted by Crippen LogP contribution is -2.40. The average molecular weight is 346 g/mol. The van der Waals surface area contributed by atoms with E-state index in [0.717, 1.165) is 19.6 Å². The largest absolute Gasteiger partial charge is 0.462 e. The maximum absolute atomic E-state index is 12.3. The summed E-state index contributed by atoms with van der Waals surface area (Å²) < 4.78 is 10.8. The summed E-state index contributed by atoms with van der Waals surface area (Å²) in [6.07, 6.45) is 5.28. The van der Waals surface area contributed by atoms with Crippen molar-refractivity contribution >= 4 is 22.9 Å². The third kappa shape index (κ3) is 3.76. The molecular weight excluding hydrogens is 320 g/mol. The Morgan fingerprint density at radius 1 is 1.44 bits per heavy atom. The molecule has 2 aromatic heterocycles. The van der Waals surface area contributed by atoms with Crippen LogP contribution in [0.1, 0.15) is 49.2 Å². The molecule has 0 bridgehead atoms. The van der Waals surface area contributed by atoms with Gasteiger partial charge in [-0.15, -0.1) is 0 Å². The first-order chi connectivity index (χ1) is 12.1. The fourth-order valence-corrected chi connectivity index (χ4v) is 3.44. The fraction of sp³-hybridized carbons (Fsp3) is 0.611. The van der Waals surface area contributed by atoms with E-state index in [4.69, 9.17) is 9.15 Å². The van der Waals surface area contributed by atoms with Crippen LogP contribution >= 0.6 is 0 Å². The van der Waals surface area contributed by atoms with Gasteiger partial charge < -0.3 is 14.5 Å². The fourth-order valence-electron chi connectivity index (χ4n) is 3.44. The van der Waals surface area contributed by atoms with E-state index in [1.165, 1.54) is 25.6 Å². The molecule has 3 heterocycles. The van der Waals surface area contributed by atoms with Gasteiger partial charge in [-0.3, -0.25) is 4.90 Å². The summed E-state index contributed by atoms with van der Waals surface area (Å²) >= 11 is 0. The number of rotatable bonds is 6. The number of carbonyl (C=O) groups excluding carboxylic acids is 1. The maximum atomic E-state index is 12.3. The molecule has 25 heavy (non-hydrogen) atoms. The van der Waals surface area contributed by atoms with E-state index in [1.54, 1.807) is 13.8 Å². The molecule has 0 unspecified atom stereocenters. The molecule has 0 spiro atoms. The Balaban J connectivity index is 1.78. The number of carbonyl (C=O) groups is 1. The summed E-state index contributed by atoms with van der Waals surface area (Å²) in [4.78, 5) is 23.2. The standard InChI is InChI=1S/C18H26N4O3/c1-4-24-18(23)14-13(3)25-17-15(14)16(20-11-21-17)19-8-10-22-9-6-5-7-12(22)2/h11-12H,4-10H2,1-3H3,(H,19,20,21)/t12-/m1/s1. The third-order valence-electron chi connectivity index (χ3n) is 4.78. The Labute approximate surface area is 147 Å². The van der Waals surface area contributed by atoms with E-state index in [0.29, 0.717) is 40.9 Å². The monoisotopic (exact) mass is 346 g/mol. The molecule has 7 nitrogen and oxygen atoms in total. The first-order valence-electron chi connectivity index (χ1n) is 9.01. The minimum atomic E-state index is -0.402. The zero-order valence-electron chi connectivity index (χ0n) is 15.2. The highest BCUT2D eigenvalue weighted by molar-refractivity contribution is 6.07. The topological polar surface area (TPSA) is 80.5 Å². The van der Waals surface area contributed by atoms with Crippen LogP contribution in [-0.4, -0.2) is 53.1 Å². The SMILES string of the molecule is CCOC(=O)c1c(C)oc2ncnc(NCCN3CCCC[C@H]3C)c12. The highest BCUT2D eigenvalue weighted by Crippen LogP contribution is 2.29. The van der Waals surface area contributed by atoms with E-state index in [-0.39, 0.29) is 0 Å². The molecule has 0 amide bonds. The zero-order valence-corrected chi connectivity index (χ0v) is 15.2. The third-order valence-corrected chi connectivity index (χ3v) is 4.78. The Kier molecular flexibility index (Phi) is 5.53. The Bertz CT molecular complexity index is 743. The van der Waals surface area contributed by atoms with Crippen LogP contribution in [0.15, 0.2) is 10.7 Å². The molecule has 7 heteroatoms. The maximum Gasteiger partial charge on any atom is 0.342 e. The molecule has 1 N–H and O–H groups in total. The summed E-state index contributed by atoms with van der Waals surface area (Å²) in [5.74, 6) is 0.720. The van der Waals surface area contributed by atoms with Crippen molar-refractivity contribution in [1.82, 2.24) is 14.9 Å². The summed E-state index contributed by atoms with van der Waals surface area (Å²) in [5, 5.41) is 3.95. The van der Waals surface area contributed by atoms with Crippen LogP contribution in [0, 0.1) is 6.92 Å². The molecule has 136 valence electrons. The van der Waals surface area contributed by atoms with Crippen LogP contribution in [0.3, 0.4) is 0 Å². The molecule has 0 saturated carbocycles. The highest BCUT2D eigenvalue weighted by atomic mass is 16.5. The summed E-state index contributed by atoms with van der Waals surface area (Å²) in [6.45, 7) is 8.95. The van der Waals surface area contributed by atoms with Gasteiger partial charge in [0.05, 0.1) is 12.0 Å². The number of esters is 1. The molecule has 1 fully saturated rings. The predicted octanol–water partition coefficient (Wildman–Crippen LogP) is 2.99. The van der Waals surface area contributed by atoms with Crippen LogP contribution in [-0.2, 0) is 4.74 Å². The van der Waals surface area contributed by atoms with E-state index in [1.807, 2.05) is 0 Å². The quantitative estimate of drug-likeness (QED) is 0.805. The smallest absolute Gasteiger partial charge is 0.342 e. The van der Waals surface area contributed by atoms with Gasteiger partial charge in [-0.1, -0.05) is 6.42 Å². The molecule has 0 aliphatic carbocycles. The zero-order chi connectivity index (χ0) is 17.8. The number of likely N-dealkylation sites (tertiary alicyclic amines) is 1. The van der Waals surface area contributed by atoms with Crippen LogP contribution in [0.5, 0.6) is 0 Å². The van der Waals surface area contributed by atoms with Crippen molar-refractivity contribution in [2.75, 3.05) is 31.6 Å². The number of aromatic nitrogens is 2. The first kappa shape index (κ1) is 17.7. The molecule has 1 aliphatic heterocycles. The van der Waals surface area contributed by atoms with Crippen LogP contribution in [0.25, 0.3) is 11.1 Å². The van der Waals surface area contributed by atoms with E-state index >= 15 is 0 Å². The molecule has 0 aromatic carbocycles. The summed E-state index contributed by atoms with van der Waals surface area (Å²) in [6, 6.07) is 0.618. The number of aryl methyl sites for hydroxylation is 1. The Morgan fingerprint density at radius 3 is 3.04 bits per heavy atom. The minimum Gasteiger partial charge on any atom is -0.462 e. The molecule has 0 radical (unpaired) electrons. The lowest BCUT2D eigenvalue weighted by Gasteiger charge is -2.33. The van der Waals surface area contributed by atoms with Crippen LogP contribution in [0.4, 0.5) is 5.82 Å². The van der Waals surface area contributed by atoms with Crippen molar-refractivity contribution in [1.29, 1.82) is 0 Å². The summed E-state index contributed by atoms with van der Waals surface area (Å²) in [7, 11) is 0. The van der Waals surface area contributed by atoms with Gasteiger partial charge in [0.15, 0.2) is 0 Å². The number of hydrogen-bond acceptors (Lipinski definition) is 7. The van der Waals surface area contributed by atoms with E-state index in [9.17, 15) is 4.79 Å². The Hall–Kier alpha value is -2.15. The van der Waals surface area contributed by atoms with Gasteiger partial charge in [-0.2, -0.15) is 0 Å². The molecule has 3 rings (SSSR count). The van der Waals surface area contributed by atoms with Crippen LogP contribution < -0.4 is 5.32 Å². The predicted molar refractivity (Wildman–Crippen MR) is 95.9 cm³/mol. The second-order valence-corrected chi connectivity index (χ2v) is 6.46. The molecule has 2 aromatic rings. The number of fused-ring (bicyclic) bond motifs is 1. The first-order valence-corrected chi connectivity index (χ1v) is 9.01. The molecule has 1 atom stereocenters. The van der Waals surface area contributed by atoms with Crippen molar-refractivity contribution < 1.29 is 13.9 Å². The second kappa shape index (κ2) is 7.82. The number of furan rings is 1. The highest BCUT2D eigenvalue weighted by Gasteiger charge is 2.24. The summed E-state index contributed by atoms with van der Waals surface area (Å²) in [5.41, 5.74) is 0.815. The van der Waals surface area contributed by atoms with Crippen molar-refractivity contribution in [3.8, 4) is 0 Å². The number of hydrogen-bond donors (Lipinski definition) is 1. The average Bonchev–Trinajstić information content (AvgIpc) is 2.93. The normalized spacial score (nSPS) is 18.4. The minimum absolute atomic E-state index is 0.314. The van der Waals surface area contributed by atoms with Gasteiger partial charge in [0, 0.05) is 19.1 Å². The van der Waals surface area contributed by atoms with E-state index < -0.39 is 5.97 Å². The van der Waals surface area contributed by atoms with Gasteiger partial charge in [0.1, 0.15) is 23.5 Å². The van der Waals surface area contributed by atoms with E-state index in [2.05, 4.69) is 27.1 Å². The van der Waals surface area contributed by atoms with Crippen molar-refractivity contribution in [2.24, 2.45) is 0 Å². The lowest BCUT2D eigenvalue weighted by molar-refractivity contribution is 0.0526. The molecule has 1 aliphatic rings. The van der Waals surface area contributed by atoms with Gasteiger partial charge in [-0.05, 0) is 40.2 Å². The number of piperidine rings is 1. The number of nitrogens with zero attached hydrogens (tertiary/aromatic N) is 3. The van der Waals surface area contributed by atoms with Gasteiger partial charge in [0.2, 0.25) is 5.71 Å². The van der Waals surface area contributed by atoms with Crippen LogP contribution in [0.2, 0.25) is 0 Å². The number of ether oxygens (including phenoxy) is 1. The van der Waals surface area contributed by atoms with Crippen molar-refractivity contribution in [3.05, 3.63) is 17.7 Å². The molecule has 1 saturated heterocycles. The molecular formula is C18H26N4O3. The van der Waals surface area contributed by atoms with Gasteiger partial charge >= 0.3 is 5.97 Å². The van der Waals surface area contributed by atoms with Gasteiger partial charge in [0.25, 0.3) is 0 Å². The van der Waals surface area contributed by atoms with Crippen molar-refractivity contribution in [3.63, 3.8) is 0 Å². The number of nitrogens with one attached hydrogen (secondary N) is 1. The van der Waals surface area contributed by atoms with Crippen molar-refractivity contribution in [2.45, 2.75) is 46.1 Å². The van der Waals surface area contributed by atoms with Gasteiger partial charge in [-0.25, -0.2) is 14.8 Å². The lowest BCUT2D eigenvalue weighted by atomic mass is 10.0. The number of anilines is 1. The Morgan fingerprint density at radius 2 is 2.28 bits per heavy atom. The second-order valence-electron chi connectivity index (χ2n) is 6.46.